The van der Waals surface area contributed by atoms with Crippen molar-refractivity contribution in [3.63, 3.8) is 0 Å². The monoisotopic (exact) mass is 226 g/mol. The molecule has 0 amide bonds. The first-order chi connectivity index (χ1) is 7.61. The first-order valence-corrected chi connectivity index (χ1v) is 7.00. The second kappa shape index (κ2) is 6.61. The number of nitrogens with one attached hydrogen (secondary N) is 1. The van der Waals surface area contributed by atoms with Crippen molar-refractivity contribution in [2.24, 2.45) is 5.41 Å². The molecule has 0 radical (unpaired) electrons. The molecule has 0 aliphatic carbocycles. The number of nitrogens with zero attached hydrogens (tertiary/aromatic N) is 1. The lowest BCUT2D eigenvalue weighted by Crippen LogP contribution is -2.47. The Kier molecular flexibility index (Phi) is 5.77. The van der Waals surface area contributed by atoms with E-state index in [1.807, 2.05) is 0 Å². The van der Waals surface area contributed by atoms with E-state index >= 15 is 0 Å². The van der Waals surface area contributed by atoms with Crippen LogP contribution < -0.4 is 5.32 Å². The minimum atomic E-state index is 0.453. The van der Waals surface area contributed by atoms with Crippen LogP contribution in [0.5, 0.6) is 0 Å². The smallest absolute Gasteiger partial charge is 0.00671 e. The zero-order valence-electron chi connectivity index (χ0n) is 11.7. The average molecular weight is 226 g/mol. The lowest BCUT2D eigenvalue weighted by molar-refractivity contribution is 0.0911. The zero-order chi connectivity index (χ0) is 12.0. The summed E-state index contributed by atoms with van der Waals surface area (Å²) in [4.78, 5) is 2.70. The first kappa shape index (κ1) is 14.0. The number of piperidine rings is 1. The van der Waals surface area contributed by atoms with Gasteiger partial charge in [-0.25, -0.2) is 0 Å². The molecule has 1 aliphatic rings. The molecule has 0 saturated carbocycles. The van der Waals surface area contributed by atoms with Crippen LogP contribution in [0.2, 0.25) is 0 Å². The summed E-state index contributed by atoms with van der Waals surface area (Å²) >= 11 is 0. The molecule has 0 aromatic rings. The highest BCUT2D eigenvalue weighted by Gasteiger charge is 2.28. The van der Waals surface area contributed by atoms with E-state index < -0.39 is 0 Å². The SMILES string of the molecule is CCCC(C)(CNC)CN1CCCCC1C. The van der Waals surface area contributed by atoms with E-state index in [4.69, 9.17) is 0 Å². The molecule has 1 saturated heterocycles. The number of likely N-dealkylation sites (tertiary alicyclic amines) is 1. The van der Waals surface area contributed by atoms with Crippen molar-refractivity contribution < 1.29 is 0 Å². The molecule has 0 aromatic heterocycles. The van der Waals surface area contributed by atoms with Gasteiger partial charge in [-0.15, -0.1) is 0 Å². The lowest BCUT2D eigenvalue weighted by Gasteiger charge is -2.41. The van der Waals surface area contributed by atoms with Gasteiger partial charge in [0.25, 0.3) is 0 Å². The second-order valence-electron chi connectivity index (χ2n) is 5.91. The summed E-state index contributed by atoms with van der Waals surface area (Å²) < 4.78 is 0. The third-order valence-corrected chi connectivity index (χ3v) is 3.98. The van der Waals surface area contributed by atoms with Crippen LogP contribution in [0.3, 0.4) is 0 Å². The molecule has 16 heavy (non-hydrogen) atoms. The molecular formula is C14H30N2. The predicted molar refractivity (Wildman–Crippen MR) is 71.8 cm³/mol. The maximum Gasteiger partial charge on any atom is 0.00671 e. The molecule has 2 nitrogen and oxygen atoms in total. The van der Waals surface area contributed by atoms with Gasteiger partial charge in [0.15, 0.2) is 0 Å². The highest BCUT2D eigenvalue weighted by Crippen LogP contribution is 2.27. The summed E-state index contributed by atoms with van der Waals surface area (Å²) in [5.41, 5.74) is 0.453. The van der Waals surface area contributed by atoms with E-state index in [2.05, 4.69) is 38.0 Å². The molecule has 1 heterocycles. The fourth-order valence-corrected chi connectivity index (χ4v) is 3.14. The third kappa shape index (κ3) is 4.06. The molecule has 0 bridgehead atoms. The Bertz CT molecular complexity index is 185. The normalized spacial score (nSPS) is 26.6. The van der Waals surface area contributed by atoms with Crippen LogP contribution in [0.1, 0.15) is 52.9 Å². The summed E-state index contributed by atoms with van der Waals surface area (Å²) in [5.74, 6) is 0. The Labute approximate surface area is 102 Å². The van der Waals surface area contributed by atoms with Crippen LogP contribution in [0.4, 0.5) is 0 Å². The Morgan fingerprint density at radius 3 is 2.69 bits per heavy atom. The molecule has 0 spiro atoms. The summed E-state index contributed by atoms with van der Waals surface area (Å²) in [7, 11) is 2.08. The molecule has 1 N–H and O–H groups in total. The van der Waals surface area contributed by atoms with Crippen molar-refractivity contribution in [2.45, 2.75) is 58.9 Å². The molecule has 1 fully saturated rings. The first-order valence-electron chi connectivity index (χ1n) is 7.00. The summed E-state index contributed by atoms with van der Waals surface area (Å²) in [6, 6.07) is 0.793. The second-order valence-corrected chi connectivity index (χ2v) is 5.91. The Morgan fingerprint density at radius 1 is 1.38 bits per heavy atom. The minimum Gasteiger partial charge on any atom is -0.319 e. The third-order valence-electron chi connectivity index (χ3n) is 3.98. The van der Waals surface area contributed by atoms with Crippen molar-refractivity contribution in [1.82, 2.24) is 10.2 Å². The van der Waals surface area contributed by atoms with E-state index in [9.17, 15) is 0 Å². The standard InChI is InChI=1S/C14H30N2/c1-5-9-14(3,11-15-4)12-16-10-7-6-8-13(16)2/h13,15H,5-12H2,1-4H3. The fourth-order valence-electron chi connectivity index (χ4n) is 3.14. The van der Waals surface area contributed by atoms with Crippen molar-refractivity contribution in [1.29, 1.82) is 0 Å². The highest BCUT2D eigenvalue weighted by atomic mass is 15.2. The van der Waals surface area contributed by atoms with Gasteiger partial charge < -0.3 is 10.2 Å². The van der Waals surface area contributed by atoms with Crippen LogP contribution in [-0.4, -0.2) is 37.6 Å². The Morgan fingerprint density at radius 2 is 2.12 bits per heavy atom. The van der Waals surface area contributed by atoms with Gasteiger partial charge in [0.1, 0.15) is 0 Å². The Balaban J connectivity index is 2.51. The molecular weight excluding hydrogens is 196 g/mol. The minimum absolute atomic E-state index is 0.453. The Hall–Kier alpha value is -0.0800. The summed E-state index contributed by atoms with van der Waals surface area (Å²) in [5, 5.41) is 3.37. The maximum absolute atomic E-state index is 3.37. The zero-order valence-corrected chi connectivity index (χ0v) is 11.7. The van der Waals surface area contributed by atoms with Crippen LogP contribution in [0.25, 0.3) is 0 Å². The van der Waals surface area contributed by atoms with Crippen LogP contribution in [0, 0.1) is 5.41 Å². The van der Waals surface area contributed by atoms with Crippen molar-refractivity contribution in [3.8, 4) is 0 Å². The molecule has 0 aromatic carbocycles. The van der Waals surface area contributed by atoms with Gasteiger partial charge in [0.05, 0.1) is 0 Å². The molecule has 2 atom stereocenters. The number of hydrogen-bond acceptors (Lipinski definition) is 2. The van der Waals surface area contributed by atoms with Gasteiger partial charge in [-0.2, -0.15) is 0 Å². The summed E-state index contributed by atoms with van der Waals surface area (Å²) in [6.07, 6.45) is 6.83. The van der Waals surface area contributed by atoms with Gasteiger partial charge in [-0.05, 0) is 45.2 Å². The molecule has 2 unspecified atom stereocenters. The molecule has 96 valence electrons. The number of hydrogen-bond donors (Lipinski definition) is 1. The van der Waals surface area contributed by atoms with E-state index in [0.717, 1.165) is 12.6 Å². The largest absolute Gasteiger partial charge is 0.319 e. The van der Waals surface area contributed by atoms with Crippen molar-refractivity contribution in [3.05, 3.63) is 0 Å². The van der Waals surface area contributed by atoms with Crippen molar-refractivity contribution in [2.75, 3.05) is 26.7 Å². The van der Waals surface area contributed by atoms with E-state index in [1.165, 1.54) is 45.2 Å². The molecule has 1 aliphatic heterocycles. The molecule has 2 heteroatoms. The fraction of sp³-hybridized carbons (Fsp3) is 1.00. The van der Waals surface area contributed by atoms with Crippen molar-refractivity contribution >= 4 is 0 Å². The van der Waals surface area contributed by atoms with E-state index in [0.29, 0.717) is 5.41 Å². The lowest BCUT2D eigenvalue weighted by atomic mass is 9.83. The van der Waals surface area contributed by atoms with Crippen LogP contribution in [-0.2, 0) is 0 Å². The highest BCUT2D eigenvalue weighted by molar-refractivity contribution is 4.83. The van der Waals surface area contributed by atoms with Gasteiger partial charge >= 0.3 is 0 Å². The topological polar surface area (TPSA) is 15.3 Å². The average Bonchev–Trinajstić information content (AvgIpc) is 2.22. The van der Waals surface area contributed by atoms with Crippen LogP contribution >= 0.6 is 0 Å². The quantitative estimate of drug-likeness (QED) is 0.749. The van der Waals surface area contributed by atoms with Gasteiger partial charge in [0.2, 0.25) is 0 Å². The maximum atomic E-state index is 3.37. The van der Waals surface area contributed by atoms with E-state index in [-0.39, 0.29) is 0 Å². The van der Waals surface area contributed by atoms with Gasteiger partial charge in [0, 0.05) is 19.1 Å². The number of rotatable bonds is 6. The van der Waals surface area contributed by atoms with Crippen LogP contribution in [0.15, 0.2) is 0 Å². The van der Waals surface area contributed by atoms with E-state index in [1.54, 1.807) is 0 Å². The summed E-state index contributed by atoms with van der Waals surface area (Å²) in [6.45, 7) is 10.9. The van der Waals surface area contributed by atoms with Gasteiger partial charge in [-0.3, -0.25) is 0 Å². The predicted octanol–water partition coefficient (Wildman–Crippen LogP) is 2.89. The van der Waals surface area contributed by atoms with Gasteiger partial charge in [-0.1, -0.05) is 26.7 Å². The molecule has 1 rings (SSSR count).